The highest BCUT2D eigenvalue weighted by molar-refractivity contribution is 14.0. The minimum absolute atomic E-state index is 0. The van der Waals surface area contributed by atoms with Gasteiger partial charge in [0.1, 0.15) is 5.60 Å². The molecule has 3 fully saturated rings. The topological polar surface area (TPSA) is 60.4 Å². The summed E-state index contributed by atoms with van der Waals surface area (Å²) >= 11 is 0. The number of hydrogen-bond donors (Lipinski definition) is 1. The van der Waals surface area contributed by atoms with Crippen molar-refractivity contribution in [2.24, 2.45) is 16.8 Å². The molecule has 2 aliphatic heterocycles. The van der Waals surface area contributed by atoms with Gasteiger partial charge in [0.05, 0.1) is 0 Å². The number of aliphatic imine (C=N–C) groups is 1. The van der Waals surface area contributed by atoms with Gasteiger partial charge in [-0.2, -0.15) is 0 Å². The van der Waals surface area contributed by atoms with Crippen molar-refractivity contribution in [2.75, 3.05) is 52.4 Å². The number of guanidine groups is 1. The van der Waals surface area contributed by atoms with Gasteiger partial charge in [-0.3, -0.25) is 4.99 Å². The highest BCUT2D eigenvalue weighted by atomic mass is 127. The molecule has 2 heterocycles. The van der Waals surface area contributed by atoms with Crippen molar-refractivity contribution in [1.82, 2.24) is 20.0 Å². The molecule has 192 valence electrons. The fourth-order valence-corrected chi connectivity index (χ4v) is 4.88. The summed E-state index contributed by atoms with van der Waals surface area (Å²) in [7, 11) is 0. The van der Waals surface area contributed by atoms with E-state index in [1.165, 1.54) is 45.3 Å². The highest BCUT2D eigenvalue weighted by Crippen LogP contribution is 2.32. The average Bonchev–Trinajstić information content (AvgIpc) is 3.45. The van der Waals surface area contributed by atoms with E-state index in [2.05, 4.69) is 29.0 Å². The molecular weight excluding hydrogens is 529 g/mol. The summed E-state index contributed by atoms with van der Waals surface area (Å²) in [6.07, 6.45) is 6.79. The van der Waals surface area contributed by atoms with E-state index >= 15 is 0 Å². The zero-order valence-electron chi connectivity index (χ0n) is 21.6. The van der Waals surface area contributed by atoms with Crippen molar-refractivity contribution in [3.63, 3.8) is 0 Å². The van der Waals surface area contributed by atoms with Crippen LogP contribution >= 0.6 is 24.0 Å². The molecule has 0 aromatic carbocycles. The summed E-state index contributed by atoms with van der Waals surface area (Å²) in [5.41, 5.74) is -0.447. The largest absolute Gasteiger partial charge is 0.444 e. The van der Waals surface area contributed by atoms with Crippen molar-refractivity contribution in [3.05, 3.63) is 0 Å². The van der Waals surface area contributed by atoms with Gasteiger partial charge in [-0.25, -0.2) is 4.79 Å². The Labute approximate surface area is 219 Å². The van der Waals surface area contributed by atoms with E-state index < -0.39 is 5.60 Å². The van der Waals surface area contributed by atoms with Crippen molar-refractivity contribution in [2.45, 2.75) is 84.8 Å². The number of piperidine rings is 1. The molecule has 3 aliphatic rings. The lowest BCUT2D eigenvalue weighted by Gasteiger charge is -2.40. The van der Waals surface area contributed by atoms with Crippen LogP contribution in [0.25, 0.3) is 0 Å². The van der Waals surface area contributed by atoms with E-state index in [1.54, 1.807) is 0 Å². The van der Waals surface area contributed by atoms with Crippen LogP contribution in [0.15, 0.2) is 4.99 Å². The van der Waals surface area contributed by atoms with Crippen LogP contribution in [-0.2, 0) is 4.74 Å². The van der Waals surface area contributed by atoms with Gasteiger partial charge in [0, 0.05) is 45.3 Å². The number of carbonyl (C=O) groups excluding carboxylic acids is 1. The van der Waals surface area contributed by atoms with Crippen LogP contribution in [0.2, 0.25) is 0 Å². The van der Waals surface area contributed by atoms with Crippen molar-refractivity contribution >= 4 is 36.0 Å². The maximum absolute atomic E-state index is 12.9. The lowest BCUT2D eigenvalue weighted by molar-refractivity contribution is 0.00928. The fraction of sp³-hybridized carbons (Fsp3) is 0.920. The van der Waals surface area contributed by atoms with Gasteiger partial charge in [0.2, 0.25) is 0 Å². The van der Waals surface area contributed by atoms with Crippen LogP contribution in [-0.4, -0.2) is 90.8 Å². The van der Waals surface area contributed by atoms with E-state index in [4.69, 9.17) is 9.73 Å². The zero-order chi connectivity index (χ0) is 23.1. The van der Waals surface area contributed by atoms with Crippen LogP contribution in [0.1, 0.15) is 73.1 Å². The number of carbonyl (C=O) groups is 1. The average molecular weight is 578 g/mol. The predicted octanol–water partition coefficient (Wildman–Crippen LogP) is 4.41. The van der Waals surface area contributed by atoms with E-state index in [-0.39, 0.29) is 36.1 Å². The monoisotopic (exact) mass is 577 g/mol. The van der Waals surface area contributed by atoms with Crippen LogP contribution in [0, 0.1) is 11.8 Å². The summed E-state index contributed by atoms with van der Waals surface area (Å²) < 4.78 is 5.75. The molecule has 33 heavy (non-hydrogen) atoms. The molecule has 8 heteroatoms. The second-order valence-corrected chi connectivity index (χ2v) is 10.9. The molecule has 1 unspecified atom stereocenters. The van der Waals surface area contributed by atoms with Gasteiger partial charge in [-0.1, -0.05) is 6.92 Å². The van der Waals surface area contributed by atoms with Gasteiger partial charge in [0.25, 0.3) is 0 Å². The van der Waals surface area contributed by atoms with Gasteiger partial charge >= 0.3 is 6.09 Å². The molecule has 1 aliphatic carbocycles. The second-order valence-electron chi connectivity index (χ2n) is 10.9. The Morgan fingerprint density at radius 1 is 1.06 bits per heavy atom. The van der Waals surface area contributed by atoms with Crippen molar-refractivity contribution < 1.29 is 9.53 Å². The Morgan fingerprint density at radius 3 is 2.33 bits per heavy atom. The number of likely N-dealkylation sites (tertiary alicyclic amines) is 2. The number of rotatable bonds is 8. The third-order valence-electron chi connectivity index (χ3n) is 6.73. The van der Waals surface area contributed by atoms with E-state index in [9.17, 15) is 4.79 Å². The first-order valence-corrected chi connectivity index (χ1v) is 13.0. The molecule has 1 atom stereocenters. The van der Waals surface area contributed by atoms with Crippen LogP contribution < -0.4 is 5.32 Å². The minimum atomic E-state index is -0.447. The molecule has 1 saturated carbocycles. The Morgan fingerprint density at radius 2 is 1.76 bits per heavy atom. The molecular formula is C25H48IN5O2. The normalized spacial score (nSPS) is 22.8. The maximum atomic E-state index is 12.9. The fourth-order valence-electron chi connectivity index (χ4n) is 4.88. The summed E-state index contributed by atoms with van der Waals surface area (Å²) in [6.45, 7) is 18.4. The van der Waals surface area contributed by atoms with Gasteiger partial charge in [0.15, 0.2) is 5.96 Å². The first-order chi connectivity index (χ1) is 15.3. The molecule has 1 amide bonds. The lowest BCUT2D eigenvalue weighted by atomic mass is 10.0. The quantitative estimate of drug-likeness (QED) is 0.263. The third-order valence-corrected chi connectivity index (χ3v) is 6.73. The lowest BCUT2D eigenvalue weighted by Crippen LogP contribution is -2.52. The number of amides is 1. The SMILES string of the molecule is CCCN1CCC(CN=C(NCC)N2CCC(N(CC3CC3)C(=O)OC(C)(C)C)CC2)C1.I. The van der Waals surface area contributed by atoms with Gasteiger partial charge in [-0.05, 0) is 91.1 Å². The standard InChI is InChI=1S/C25H47N5O2.HI/c1-6-13-28-14-10-21(18-28)17-27-23(26-7-2)29-15-11-22(12-16-29)30(19-20-8-9-20)24(31)32-25(3,4)5;/h20-22H,6-19H2,1-5H3,(H,26,27);1H. The Hall–Kier alpha value is -0.770. The maximum Gasteiger partial charge on any atom is 0.410 e. The van der Waals surface area contributed by atoms with Crippen molar-refractivity contribution in [3.8, 4) is 0 Å². The molecule has 3 rings (SSSR count). The number of halogens is 1. The molecule has 7 nitrogen and oxygen atoms in total. The molecule has 0 aromatic rings. The summed E-state index contributed by atoms with van der Waals surface area (Å²) in [6, 6.07) is 0.266. The van der Waals surface area contributed by atoms with Crippen LogP contribution in [0.4, 0.5) is 4.79 Å². The minimum Gasteiger partial charge on any atom is -0.444 e. The molecule has 0 spiro atoms. The highest BCUT2D eigenvalue weighted by Gasteiger charge is 2.35. The van der Waals surface area contributed by atoms with E-state index in [1.807, 2.05) is 25.7 Å². The molecule has 2 saturated heterocycles. The molecule has 0 radical (unpaired) electrons. The molecule has 1 N–H and O–H groups in total. The van der Waals surface area contributed by atoms with E-state index in [0.29, 0.717) is 11.8 Å². The van der Waals surface area contributed by atoms with E-state index in [0.717, 1.165) is 51.5 Å². The molecule has 0 bridgehead atoms. The zero-order valence-corrected chi connectivity index (χ0v) is 24.0. The summed E-state index contributed by atoms with van der Waals surface area (Å²) in [4.78, 5) is 24.9. The predicted molar refractivity (Wildman–Crippen MR) is 146 cm³/mol. The van der Waals surface area contributed by atoms with Gasteiger partial charge < -0.3 is 24.8 Å². The van der Waals surface area contributed by atoms with Gasteiger partial charge in [-0.15, -0.1) is 24.0 Å². The number of hydrogen-bond acceptors (Lipinski definition) is 4. The molecule has 0 aromatic heterocycles. The second kappa shape index (κ2) is 13.4. The number of ether oxygens (including phenoxy) is 1. The third kappa shape index (κ3) is 9.42. The van der Waals surface area contributed by atoms with Crippen LogP contribution in [0.5, 0.6) is 0 Å². The Balaban J connectivity index is 0.00000385. The summed E-state index contributed by atoms with van der Waals surface area (Å²) in [5, 5.41) is 3.51. The van der Waals surface area contributed by atoms with Crippen LogP contribution in [0.3, 0.4) is 0 Å². The Kier molecular flexibility index (Phi) is 11.5. The number of nitrogens with one attached hydrogen (secondary N) is 1. The smallest absolute Gasteiger partial charge is 0.410 e. The summed E-state index contributed by atoms with van der Waals surface area (Å²) in [5.74, 6) is 2.39. The number of nitrogens with zero attached hydrogens (tertiary/aromatic N) is 4. The van der Waals surface area contributed by atoms with Crippen molar-refractivity contribution in [1.29, 1.82) is 0 Å². The first kappa shape index (κ1) is 28.5. The Bertz CT molecular complexity index is 627. The first-order valence-electron chi connectivity index (χ1n) is 13.0.